The van der Waals surface area contributed by atoms with E-state index in [0.29, 0.717) is 27.8 Å². The first-order valence-corrected chi connectivity index (χ1v) is 15.7. The fourth-order valence-electron chi connectivity index (χ4n) is 5.47. The third kappa shape index (κ3) is 7.69. The molecule has 8 nitrogen and oxygen atoms in total. The van der Waals surface area contributed by atoms with Crippen LogP contribution in [0.25, 0.3) is 17.1 Å². The van der Waals surface area contributed by atoms with Crippen molar-refractivity contribution in [2.24, 2.45) is 4.99 Å². The van der Waals surface area contributed by atoms with Crippen molar-refractivity contribution < 1.29 is 27.1 Å². The molecule has 0 spiro atoms. The van der Waals surface area contributed by atoms with Crippen molar-refractivity contribution in [2.75, 3.05) is 10.7 Å². The molecule has 2 amide bonds. The second kappa shape index (κ2) is 13.5. The number of amidine groups is 1. The molecule has 1 saturated heterocycles. The number of hydrogen-bond donors (Lipinski definition) is 1. The highest BCUT2D eigenvalue weighted by atomic mass is 32.2. The zero-order valence-electron chi connectivity index (χ0n) is 26.0. The number of aliphatic imine (C=N–C) groups is 1. The molecule has 3 unspecified atom stereocenters. The maximum absolute atomic E-state index is 15.5. The summed E-state index contributed by atoms with van der Waals surface area (Å²) in [5.74, 6) is 0.831. The number of aromatic nitrogens is 3. The van der Waals surface area contributed by atoms with Gasteiger partial charge in [-0.25, -0.2) is 18.9 Å². The van der Waals surface area contributed by atoms with Crippen molar-refractivity contribution in [1.82, 2.24) is 20.1 Å². The Morgan fingerprint density at radius 3 is 2.35 bits per heavy atom. The minimum absolute atomic E-state index is 0.150. The fourth-order valence-corrected chi connectivity index (χ4v) is 6.67. The van der Waals surface area contributed by atoms with Crippen LogP contribution in [0.5, 0.6) is 5.75 Å². The molecule has 1 N–H and O–H groups in total. The Balaban J connectivity index is 1.24. The van der Waals surface area contributed by atoms with Gasteiger partial charge < -0.3 is 15.0 Å². The van der Waals surface area contributed by atoms with Crippen molar-refractivity contribution in [3.8, 4) is 22.8 Å². The molecule has 0 radical (unpaired) electrons. The number of carbonyl (C=O) groups is 1. The lowest BCUT2D eigenvalue weighted by molar-refractivity contribution is -0.274. The van der Waals surface area contributed by atoms with Crippen LogP contribution in [0, 0.1) is 20.8 Å². The minimum Gasteiger partial charge on any atom is -0.406 e. The zero-order chi connectivity index (χ0) is 33.2. The number of halogens is 4. The first kappa shape index (κ1) is 33.0. The van der Waals surface area contributed by atoms with Crippen LogP contribution in [0.2, 0.25) is 0 Å². The number of amides is 2. The normalized spacial score (nSPS) is 17.5. The molecule has 1 aromatic heterocycles. The van der Waals surface area contributed by atoms with E-state index in [2.05, 4.69) is 69.9 Å². The molecule has 5 rings (SSSR count). The van der Waals surface area contributed by atoms with Crippen molar-refractivity contribution in [2.45, 2.75) is 65.7 Å². The molecule has 46 heavy (non-hydrogen) atoms. The topological polar surface area (TPSA) is 84.6 Å². The highest BCUT2D eigenvalue weighted by molar-refractivity contribution is 8.14. The van der Waals surface area contributed by atoms with Gasteiger partial charge in [-0.1, -0.05) is 53.7 Å². The smallest absolute Gasteiger partial charge is 0.406 e. The largest absolute Gasteiger partial charge is 0.573 e. The highest BCUT2D eigenvalue weighted by Crippen LogP contribution is 2.35. The van der Waals surface area contributed by atoms with Gasteiger partial charge in [-0.3, -0.25) is 0 Å². The summed E-state index contributed by atoms with van der Waals surface area (Å²) in [4.78, 5) is 23.8. The maximum Gasteiger partial charge on any atom is 0.573 e. The molecule has 3 atom stereocenters. The third-order valence-corrected chi connectivity index (χ3v) is 8.58. The minimum atomic E-state index is -4.78. The summed E-state index contributed by atoms with van der Waals surface area (Å²) in [7, 11) is 0. The van der Waals surface area contributed by atoms with E-state index in [0.717, 1.165) is 29.0 Å². The number of ether oxygens (including phenoxy) is 1. The lowest BCUT2D eigenvalue weighted by Gasteiger charge is -2.37. The van der Waals surface area contributed by atoms with E-state index in [9.17, 15) is 18.0 Å². The number of carbonyl (C=O) groups excluding carboxylic acids is 1. The average molecular weight is 655 g/mol. The van der Waals surface area contributed by atoms with Gasteiger partial charge in [0.15, 0.2) is 11.0 Å². The van der Waals surface area contributed by atoms with Crippen molar-refractivity contribution >= 4 is 28.6 Å². The summed E-state index contributed by atoms with van der Waals surface area (Å²) < 4.78 is 58.1. The number of anilines is 1. The van der Waals surface area contributed by atoms with Crippen LogP contribution in [0.15, 0.2) is 72.0 Å². The fraction of sp³-hybridized carbons (Fsp3) is 0.333. The highest BCUT2D eigenvalue weighted by Gasteiger charge is 2.31. The summed E-state index contributed by atoms with van der Waals surface area (Å²) in [6.07, 6.45) is -3.91. The molecule has 13 heteroatoms. The van der Waals surface area contributed by atoms with Gasteiger partial charge in [-0.2, -0.15) is 4.99 Å². The van der Waals surface area contributed by atoms with Crippen LogP contribution in [0.4, 0.5) is 28.0 Å². The Kier molecular flexibility index (Phi) is 9.71. The number of benzene rings is 3. The van der Waals surface area contributed by atoms with Gasteiger partial charge in [0, 0.05) is 23.0 Å². The van der Waals surface area contributed by atoms with E-state index < -0.39 is 24.6 Å². The lowest BCUT2D eigenvalue weighted by Crippen LogP contribution is -2.43. The second-order valence-corrected chi connectivity index (χ2v) is 12.4. The number of aryl methyl sites for hydroxylation is 3. The second-order valence-electron chi connectivity index (χ2n) is 11.3. The van der Waals surface area contributed by atoms with E-state index in [4.69, 9.17) is 0 Å². The van der Waals surface area contributed by atoms with Crippen LogP contribution in [-0.4, -0.2) is 50.2 Å². The van der Waals surface area contributed by atoms with Crippen molar-refractivity contribution in [3.05, 3.63) is 89.2 Å². The SMILES string of the molecule is Cc1cc(C)c(N2C(=NC(=O)NC(C)C(F)c3ccc(-c4ncn(-c5ccc(OC(F)(F)F)cc5)n4)cc3)SCCC2C)c(C)c1. The third-order valence-electron chi connectivity index (χ3n) is 7.59. The number of urea groups is 1. The molecule has 0 bridgehead atoms. The standard InChI is InChI=1S/C33H34F4N6O2S/c1-19-16-20(2)29(21(3)17-19)43-22(4)14-15-46-32(43)40-31(44)39-23(5)28(34)24-6-8-25(9-7-24)30-38-18-42(41-30)26-10-12-27(13-11-26)45-33(35,36)37/h6-13,16-18,22-23,28H,14-15H2,1-5H3,(H,39,44). The number of rotatable bonds is 7. The van der Waals surface area contributed by atoms with E-state index in [1.54, 1.807) is 31.2 Å². The molecule has 1 aliphatic rings. The van der Waals surface area contributed by atoms with Crippen molar-refractivity contribution in [3.63, 3.8) is 0 Å². The molecule has 0 saturated carbocycles. The predicted molar refractivity (Wildman–Crippen MR) is 172 cm³/mol. The zero-order valence-corrected chi connectivity index (χ0v) is 26.8. The van der Waals surface area contributed by atoms with Crippen LogP contribution < -0.4 is 15.0 Å². The van der Waals surface area contributed by atoms with Gasteiger partial charge in [-0.15, -0.1) is 18.3 Å². The quantitative estimate of drug-likeness (QED) is 0.202. The molecule has 3 aromatic carbocycles. The number of alkyl halides is 4. The maximum atomic E-state index is 15.5. The summed E-state index contributed by atoms with van der Waals surface area (Å²) in [6.45, 7) is 9.87. The Morgan fingerprint density at radius 1 is 1.07 bits per heavy atom. The van der Waals surface area contributed by atoms with Crippen molar-refractivity contribution in [1.29, 1.82) is 0 Å². The van der Waals surface area contributed by atoms with Gasteiger partial charge in [0.1, 0.15) is 18.2 Å². The Bertz CT molecular complexity index is 1700. The van der Waals surface area contributed by atoms with Gasteiger partial charge in [0.05, 0.1) is 11.7 Å². The lowest BCUT2D eigenvalue weighted by atomic mass is 10.0. The van der Waals surface area contributed by atoms with Gasteiger partial charge in [-0.05, 0) is 82.0 Å². The first-order valence-electron chi connectivity index (χ1n) is 14.7. The number of hydrogen-bond acceptors (Lipinski definition) is 5. The molecule has 242 valence electrons. The Morgan fingerprint density at radius 2 is 1.72 bits per heavy atom. The van der Waals surface area contributed by atoms with E-state index in [1.807, 2.05) is 0 Å². The van der Waals surface area contributed by atoms with Crippen LogP contribution in [-0.2, 0) is 0 Å². The van der Waals surface area contributed by atoms with E-state index in [1.165, 1.54) is 52.6 Å². The molecular weight excluding hydrogens is 620 g/mol. The predicted octanol–water partition coefficient (Wildman–Crippen LogP) is 8.25. The van der Waals surface area contributed by atoms with Crippen LogP contribution in [0.1, 0.15) is 48.7 Å². The van der Waals surface area contributed by atoms with E-state index in [-0.39, 0.29) is 11.8 Å². The first-order chi connectivity index (χ1) is 21.8. The van der Waals surface area contributed by atoms with Gasteiger partial charge in [0.25, 0.3) is 0 Å². The van der Waals surface area contributed by atoms with Gasteiger partial charge >= 0.3 is 12.4 Å². The van der Waals surface area contributed by atoms with Crippen LogP contribution in [0.3, 0.4) is 0 Å². The molecule has 1 fully saturated rings. The molecular formula is C33H34F4N6O2S. The molecule has 0 aliphatic carbocycles. The van der Waals surface area contributed by atoms with E-state index >= 15 is 4.39 Å². The average Bonchev–Trinajstić information content (AvgIpc) is 3.48. The number of thioether (sulfide) groups is 1. The molecule has 2 heterocycles. The van der Waals surface area contributed by atoms with Crippen LogP contribution >= 0.6 is 11.8 Å². The summed E-state index contributed by atoms with van der Waals surface area (Å²) in [5, 5.41) is 7.67. The Labute approximate surface area is 268 Å². The molecule has 4 aromatic rings. The molecule has 1 aliphatic heterocycles. The summed E-state index contributed by atoms with van der Waals surface area (Å²) in [5.41, 5.74) is 5.88. The summed E-state index contributed by atoms with van der Waals surface area (Å²) in [6, 6.07) is 14.7. The van der Waals surface area contributed by atoms with Gasteiger partial charge in [0.2, 0.25) is 0 Å². The Hall–Kier alpha value is -4.39. The monoisotopic (exact) mass is 654 g/mol. The number of nitrogens with zero attached hydrogens (tertiary/aromatic N) is 5. The summed E-state index contributed by atoms with van der Waals surface area (Å²) >= 11 is 1.52. The number of nitrogens with one attached hydrogen (secondary N) is 1.